The van der Waals surface area contributed by atoms with Gasteiger partial charge in [0.1, 0.15) is 0 Å². The normalized spacial score (nSPS) is 17.4. The van der Waals surface area contributed by atoms with Gasteiger partial charge in [-0.25, -0.2) is 0 Å². The number of hydrogen-bond acceptors (Lipinski definition) is 1. The van der Waals surface area contributed by atoms with Crippen molar-refractivity contribution < 1.29 is 4.79 Å². The second-order valence-corrected chi connectivity index (χ2v) is 6.80. The van der Waals surface area contributed by atoms with Crippen LogP contribution in [0.5, 0.6) is 0 Å². The molecule has 1 saturated carbocycles. The molecule has 22 heavy (non-hydrogen) atoms. The number of benzene rings is 2. The quantitative estimate of drug-likeness (QED) is 0.630. The Hall–Kier alpha value is -1.89. The van der Waals surface area contributed by atoms with Gasteiger partial charge in [-0.3, -0.25) is 4.79 Å². The van der Waals surface area contributed by atoms with Gasteiger partial charge in [0.2, 0.25) is 0 Å². The van der Waals surface area contributed by atoms with Gasteiger partial charge < -0.3 is 0 Å². The van der Waals surface area contributed by atoms with E-state index in [1.54, 1.807) is 0 Å². The van der Waals surface area contributed by atoms with Crippen LogP contribution in [-0.4, -0.2) is 5.78 Å². The molecule has 0 atom stereocenters. The minimum absolute atomic E-state index is 0.199. The van der Waals surface area contributed by atoms with Crippen LogP contribution >= 0.6 is 0 Å². The lowest BCUT2D eigenvalue weighted by Crippen LogP contribution is -2.07. The highest BCUT2D eigenvalue weighted by Gasteiger charge is 2.26. The molecule has 2 aliphatic carbocycles. The summed E-state index contributed by atoms with van der Waals surface area (Å²) in [5.74, 6) is 1.10. The number of fused-ring (bicyclic) bond motifs is 3. The lowest BCUT2D eigenvalue weighted by molar-refractivity contribution is 0.104. The molecule has 1 fully saturated rings. The Balaban J connectivity index is 1.54. The van der Waals surface area contributed by atoms with Gasteiger partial charge >= 0.3 is 0 Å². The van der Waals surface area contributed by atoms with E-state index in [-0.39, 0.29) is 5.78 Å². The van der Waals surface area contributed by atoms with Crippen molar-refractivity contribution in [3.63, 3.8) is 0 Å². The highest BCUT2D eigenvalue weighted by Crippen LogP contribution is 2.37. The zero-order chi connectivity index (χ0) is 14.9. The molecule has 0 spiro atoms. The highest BCUT2D eigenvalue weighted by molar-refractivity contribution is 6.21. The van der Waals surface area contributed by atoms with Gasteiger partial charge in [0, 0.05) is 11.1 Å². The van der Waals surface area contributed by atoms with Crippen LogP contribution in [0.15, 0.2) is 42.5 Å². The average molecular weight is 290 g/mol. The van der Waals surface area contributed by atoms with Crippen molar-refractivity contribution in [1.82, 2.24) is 0 Å². The maximum Gasteiger partial charge on any atom is 0.194 e. The molecule has 0 saturated heterocycles. The van der Waals surface area contributed by atoms with Crippen molar-refractivity contribution >= 4 is 5.78 Å². The van der Waals surface area contributed by atoms with Gasteiger partial charge in [0.05, 0.1) is 0 Å². The van der Waals surface area contributed by atoms with Crippen LogP contribution in [0.3, 0.4) is 0 Å². The minimum atomic E-state index is 0.199. The molecular weight excluding hydrogens is 268 g/mol. The second kappa shape index (κ2) is 5.72. The fraction of sp³-hybridized carbons (Fsp3) is 0.381. The minimum Gasteiger partial charge on any atom is -0.289 e. The van der Waals surface area contributed by atoms with E-state index in [9.17, 15) is 4.79 Å². The Kier molecular flexibility index (Phi) is 3.57. The highest BCUT2D eigenvalue weighted by atomic mass is 16.1. The maximum atomic E-state index is 12.5. The molecule has 112 valence electrons. The van der Waals surface area contributed by atoms with Crippen LogP contribution in [0.25, 0.3) is 11.1 Å². The molecule has 0 amide bonds. The molecule has 0 aromatic heterocycles. The summed E-state index contributed by atoms with van der Waals surface area (Å²) in [6.07, 6.45) is 9.42. The van der Waals surface area contributed by atoms with Gasteiger partial charge in [-0.05, 0) is 41.5 Å². The predicted molar refractivity (Wildman–Crippen MR) is 90.2 cm³/mol. The monoisotopic (exact) mass is 290 g/mol. The summed E-state index contributed by atoms with van der Waals surface area (Å²) in [6.45, 7) is 0. The third-order valence-electron chi connectivity index (χ3n) is 5.36. The van der Waals surface area contributed by atoms with Crippen molar-refractivity contribution in [3.8, 4) is 11.1 Å². The van der Waals surface area contributed by atoms with Crippen LogP contribution in [-0.2, 0) is 6.42 Å². The Morgan fingerprint density at radius 1 is 0.818 bits per heavy atom. The standard InChI is InChI=1S/C21H22O/c22-21-19-9-5-4-8-17(19)18-13-12-16(14-20(18)21)11-10-15-6-2-1-3-7-15/h4-5,8-9,12-15H,1-3,6-7,10-11H2. The number of rotatable bonds is 3. The Morgan fingerprint density at radius 2 is 1.55 bits per heavy atom. The summed E-state index contributed by atoms with van der Waals surface area (Å²) in [5.41, 5.74) is 5.30. The van der Waals surface area contributed by atoms with Crippen molar-refractivity contribution in [1.29, 1.82) is 0 Å². The Labute approximate surface area is 132 Å². The van der Waals surface area contributed by atoms with Gasteiger partial charge in [0.15, 0.2) is 5.78 Å². The fourth-order valence-corrected chi connectivity index (χ4v) is 4.08. The average Bonchev–Trinajstić information content (AvgIpc) is 2.87. The molecule has 0 radical (unpaired) electrons. The Morgan fingerprint density at radius 3 is 2.36 bits per heavy atom. The van der Waals surface area contributed by atoms with Crippen LogP contribution < -0.4 is 0 Å². The summed E-state index contributed by atoms with van der Waals surface area (Å²) in [7, 11) is 0. The second-order valence-electron chi connectivity index (χ2n) is 6.80. The third kappa shape index (κ3) is 2.39. The fourth-order valence-electron chi connectivity index (χ4n) is 4.08. The number of aryl methyl sites for hydroxylation is 1. The molecule has 4 rings (SSSR count). The molecule has 1 heteroatoms. The van der Waals surface area contributed by atoms with Crippen molar-refractivity contribution in [2.75, 3.05) is 0 Å². The van der Waals surface area contributed by atoms with Gasteiger partial charge in [-0.2, -0.15) is 0 Å². The first-order valence-corrected chi connectivity index (χ1v) is 8.60. The van der Waals surface area contributed by atoms with E-state index in [1.165, 1.54) is 44.1 Å². The van der Waals surface area contributed by atoms with E-state index in [0.717, 1.165) is 34.6 Å². The molecule has 2 aromatic rings. The van der Waals surface area contributed by atoms with Crippen molar-refractivity contribution in [2.24, 2.45) is 5.92 Å². The molecule has 0 bridgehead atoms. The lowest BCUT2D eigenvalue weighted by atomic mass is 9.85. The molecule has 0 aliphatic heterocycles. The number of carbonyl (C=O) groups excluding carboxylic acids is 1. The SMILES string of the molecule is O=C1c2ccccc2-c2ccc(CCC3CCCCC3)cc21. The van der Waals surface area contributed by atoms with Gasteiger partial charge in [0.25, 0.3) is 0 Å². The van der Waals surface area contributed by atoms with E-state index in [4.69, 9.17) is 0 Å². The van der Waals surface area contributed by atoms with E-state index < -0.39 is 0 Å². The molecular formula is C21H22O. The predicted octanol–water partition coefficient (Wildman–Crippen LogP) is 5.41. The van der Waals surface area contributed by atoms with E-state index >= 15 is 0 Å². The maximum absolute atomic E-state index is 12.5. The van der Waals surface area contributed by atoms with E-state index in [2.05, 4.69) is 24.3 Å². The van der Waals surface area contributed by atoms with Crippen LogP contribution in [0, 0.1) is 5.92 Å². The molecule has 2 aliphatic rings. The van der Waals surface area contributed by atoms with Crippen molar-refractivity contribution in [3.05, 3.63) is 59.2 Å². The van der Waals surface area contributed by atoms with Crippen LogP contribution in [0.4, 0.5) is 0 Å². The molecule has 0 unspecified atom stereocenters. The first kappa shape index (κ1) is 13.8. The number of carbonyl (C=O) groups is 1. The zero-order valence-electron chi connectivity index (χ0n) is 13.0. The summed E-state index contributed by atoms with van der Waals surface area (Å²) < 4.78 is 0. The topological polar surface area (TPSA) is 17.1 Å². The molecule has 2 aromatic carbocycles. The summed E-state index contributed by atoms with van der Waals surface area (Å²) >= 11 is 0. The van der Waals surface area contributed by atoms with Crippen LogP contribution in [0.2, 0.25) is 0 Å². The molecule has 0 N–H and O–H groups in total. The number of hydrogen-bond donors (Lipinski definition) is 0. The van der Waals surface area contributed by atoms with Gasteiger partial charge in [-0.1, -0.05) is 68.5 Å². The zero-order valence-corrected chi connectivity index (χ0v) is 13.0. The van der Waals surface area contributed by atoms with Gasteiger partial charge in [-0.15, -0.1) is 0 Å². The number of ketones is 1. The van der Waals surface area contributed by atoms with E-state index in [1.807, 2.05) is 18.2 Å². The summed E-state index contributed by atoms with van der Waals surface area (Å²) in [6, 6.07) is 14.5. The van der Waals surface area contributed by atoms with Crippen molar-refractivity contribution in [2.45, 2.75) is 44.9 Å². The molecule has 1 nitrogen and oxygen atoms in total. The first-order valence-electron chi connectivity index (χ1n) is 8.60. The largest absolute Gasteiger partial charge is 0.289 e. The first-order chi connectivity index (χ1) is 10.8. The summed E-state index contributed by atoms with van der Waals surface area (Å²) in [5, 5.41) is 0. The Bertz CT molecular complexity index is 708. The molecule has 0 heterocycles. The lowest BCUT2D eigenvalue weighted by Gasteiger charge is -2.21. The van der Waals surface area contributed by atoms with Crippen LogP contribution in [0.1, 0.15) is 60.0 Å². The van der Waals surface area contributed by atoms with E-state index in [0.29, 0.717) is 0 Å². The smallest absolute Gasteiger partial charge is 0.194 e. The summed E-state index contributed by atoms with van der Waals surface area (Å²) in [4.78, 5) is 12.5. The third-order valence-corrected chi connectivity index (χ3v) is 5.36.